The maximum Gasteiger partial charge on any atom is 0.0625 e. The Morgan fingerprint density at radius 2 is 1.76 bits per heavy atom. The summed E-state index contributed by atoms with van der Waals surface area (Å²) < 4.78 is 0. The SMILES string of the molecule is Cc1cccc(CC(Cl)c2ccc(Cl)cc2)c1. The summed E-state index contributed by atoms with van der Waals surface area (Å²) in [5.74, 6) is 0. The van der Waals surface area contributed by atoms with E-state index >= 15 is 0 Å². The first-order valence-electron chi connectivity index (χ1n) is 5.60. The second-order valence-electron chi connectivity index (χ2n) is 4.21. The van der Waals surface area contributed by atoms with Gasteiger partial charge in [-0.05, 0) is 36.6 Å². The van der Waals surface area contributed by atoms with Crippen molar-refractivity contribution in [1.29, 1.82) is 0 Å². The van der Waals surface area contributed by atoms with Gasteiger partial charge in [-0.25, -0.2) is 0 Å². The van der Waals surface area contributed by atoms with Crippen molar-refractivity contribution in [3.05, 3.63) is 70.2 Å². The molecule has 88 valence electrons. The zero-order chi connectivity index (χ0) is 12.3. The van der Waals surface area contributed by atoms with E-state index in [0.717, 1.165) is 17.0 Å². The van der Waals surface area contributed by atoms with Crippen LogP contribution in [0.15, 0.2) is 48.5 Å². The average Bonchev–Trinajstić information content (AvgIpc) is 2.29. The molecule has 2 rings (SSSR count). The lowest BCUT2D eigenvalue weighted by molar-refractivity contribution is 0.918. The molecule has 0 heterocycles. The predicted molar refractivity (Wildman–Crippen MR) is 74.9 cm³/mol. The zero-order valence-electron chi connectivity index (χ0n) is 9.66. The molecule has 1 atom stereocenters. The van der Waals surface area contributed by atoms with E-state index in [-0.39, 0.29) is 5.38 Å². The Labute approximate surface area is 112 Å². The molecule has 2 aromatic rings. The molecule has 1 unspecified atom stereocenters. The van der Waals surface area contributed by atoms with E-state index in [1.165, 1.54) is 11.1 Å². The lowest BCUT2D eigenvalue weighted by Gasteiger charge is -2.10. The van der Waals surface area contributed by atoms with Crippen molar-refractivity contribution in [1.82, 2.24) is 0 Å². The molecule has 0 aliphatic carbocycles. The van der Waals surface area contributed by atoms with Crippen molar-refractivity contribution in [3.63, 3.8) is 0 Å². The van der Waals surface area contributed by atoms with Crippen LogP contribution in [0.3, 0.4) is 0 Å². The smallest absolute Gasteiger partial charge is 0.0625 e. The minimum atomic E-state index is -0.00549. The van der Waals surface area contributed by atoms with Gasteiger partial charge in [0.1, 0.15) is 0 Å². The Kier molecular flexibility index (Phi) is 4.09. The summed E-state index contributed by atoms with van der Waals surface area (Å²) >= 11 is 12.3. The number of hydrogen-bond acceptors (Lipinski definition) is 0. The van der Waals surface area contributed by atoms with E-state index in [1.54, 1.807) is 0 Å². The summed E-state index contributed by atoms with van der Waals surface area (Å²) in [5.41, 5.74) is 3.64. The van der Waals surface area contributed by atoms with Crippen LogP contribution in [-0.2, 0) is 6.42 Å². The second-order valence-corrected chi connectivity index (χ2v) is 5.18. The van der Waals surface area contributed by atoms with Gasteiger partial charge in [-0.1, -0.05) is 53.6 Å². The summed E-state index contributed by atoms with van der Waals surface area (Å²) in [6, 6.07) is 16.2. The lowest BCUT2D eigenvalue weighted by atomic mass is 10.0. The van der Waals surface area contributed by atoms with Gasteiger partial charge in [-0.2, -0.15) is 0 Å². The van der Waals surface area contributed by atoms with Crippen molar-refractivity contribution in [2.24, 2.45) is 0 Å². The van der Waals surface area contributed by atoms with Gasteiger partial charge in [-0.15, -0.1) is 11.6 Å². The van der Waals surface area contributed by atoms with Gasteiger partial charge in [0.2, 0.25) is 0 Å². The Morgan fingerprint density at radius 1 is 1.06 bits per heavy atom. The van der Waals surface area contributed by atoms with Gasteiger partial charge in [0.25, 0.3) is 0 Å². The fourth-order valence-corrected chi connectivity index (χ4v) is 2.29. The number of aryl methyl sites for hydroxylation is 1. The average molecular weight is 265 g/mol. The van der Waals surface area contributed by atoms with Crippen molar-refractivity contribution in [3.8, 4) is 0 Å². The molecule has 0 amide bonds. The monoisotopic (exact) mass is 264 g/mol. The second kappa shape index (κ2) is 5.57. The summed E-state index contributed by atoms with van der Waals surface area (Å²) in [7, 11) is 0. The van der Waals surface area contributed by atoms with Crippen LogP contribution in [0.25, 0.3) is 0 Å². The Balaban J connectivity index is 2.11. The minimum Gasteiger partial charge on any atom is -0.117 e. The Hall–Kier alpha value is -0.980. The molecule has 0 saturated heterocycles. The van der Waals surface area contributed by atoms with E-state index in [2.05, 4.69) is 31.2 Å². The van der Waals surface area contributed by atoms with E-state index < -0.39 is 0 Å². The van der Waals surface area contributed by atoms with E-state index in [4.69, 9.17) is 23.2 Å². The number of rotatable bonds is 3. The summed E-state index contributed by atoms with van der Waals surface area (Å²) in [6.07, 6.45) is 0.838. The van der Waals surface area contributed by atoms with Gasteiger partial charge in [0.05, 0.1) is 5.38 Å². The molecule has 17 heavy (non-hydrogen) atoms. The summed E-state index contributed by atoms with van der Waals surface area (Å²) in [6.45, 7) is 2.09. The number of halogens is 2. The van der Waals surface area contributed by atoms with Gasteiger partial charge in [0.15, 0.2) is 0 Å². The fraction of sp³-hybridized carbons (Fsp3) is 0.200. The Morgan fingerprint density at radius 3 is 2.41 bits per heavy atom. The van der Waals surface area contributed by atoms with E-state index in [0.29, 0.717) is 0 Å². The number of benzene rings is 2. The van der Waals surface area contributed by atoms with Gasteiger partial charge < -0.3 is 0 Å². The van der Waals surface area contributed by atoms with Crippen molar-refractivity contribution < 1.29 is 0 Å². The summed E-state index contributed by atoms with van der Waals surface area (Å²) in [5, 5.41) is 0.738. The highest BCUT2D eigenvalue weighted by Gasteiger charge is 2.08. The number of hydrogen-bond donors (Lipinski definition) is 0. The third kappa shape index (κ3) is 3.49. The molecule has 2 heteroatoms. The van der Waals surface area contributed by atoms with Crippen LogP contribution in [0.1, 0.15) is 22.1 Å². The van der Waals surface area contributed by atoms with Crippen molar-refractivity contribution in [2.75, 3.05) is 0 Å². The molecule has 0 fully saturated rings. The van der Waals surface area contributed by atoms with Gasteiger partial charge in [0, 0.05) is 5.02 Å². The highest BCUT2D eigenvalue weighted by Crippen LogP contribution is 2.26. The molecule has 0 N–H and O–H groups in total. The third-order valence-electron chi connectivity index (χ3n) is 2.73. The topological polar surface area (TPSA) is 0 Å². The van der Waals surface area contributed by atoms with Gasteiger partial charge in [-0.3, -0.25) is 0 Å². The van der Waals surface area contributed by atoms with Crippen LogP contribution in [0.5, 0.6) is 0 Å². The van der Waals surface area contributed by atoms with Crippen molar-refractivity contribution in [2.45, 2.75) is 18.7 Å². The summed E-state index contributed by atoms with van der Waals surface area (Å²) in [4.78, 5) is 0. The molecular formula is C15H14Cl2. The zero-order valence-corrected chi connectivity index (χ0v) is 11.2. The molecule has 2 aromatic carbocycles. The van der Waals surface area contributed by atoms with Crippen LogP contribution in [0.2, 0.25) is 5.02 Å². The predicted octanol–water partition coefficient (Wildman–Crippen LogP) is 5.17. The molecule has 0 spiro atoms. The maximum atomic E-state index is 6.40. The van der Waals surface area contributed by atoms with E-state index in [9.17, 15) is 0 Å². The first-order valence-corrected chi connectivity index (χ1v) is 6.41. The van der Waals surface area contributed by atoms with Crippen LogP contribution < -0.4 is 0 Å². The van der Waals surface area contributed by atoms with Crippen molar-refractivity contribution >= 4 is 23.2 Å². The molecule has 0 aliphatic heterocycles. The molecular weight excluding hydrogens is 251 g/mol. The molecule has 0 radical (unpaired) electrons. The molecule has 0 bridgehead atoms. The van der Waals surface area contributed by atoms with Crippen LogP contribution in [-0.4, -0.2) is 0 Å². The highest BCUT2D eigenvalue weighted by molar-refractivity contribution is 6.30. The normalized spacial score (nSPS) is 12.4. The maximum absolute atomic E-state index is 6.40. The standard InChI is InChI=1S/C15H14Cl2/c1-11-3-2-4-12(9-11)10-15(17)13-5-7-14(16)8-6-13/h2-9,15H,10H2,1H3. The fourth-order valence-electron chi connectivity index (χ4n) is 1.84. The first-order chi connectivity index (χ1) is 8.15. The third-order valence-corrected chi connectivity index (χ3v) is 3.39. The Bertz CT molecular complexity index is 489. The first kappa shape index (κ1) is 12.5. The van der Waals surface area contributed by atoms with Gasteiger partial charge >= 0.3 is 0 Å². The number of alkyl halides is 1. The minimum absolute atomic E-state index is 0.00549. The molecule has 0 saturated carbocycles. The molecule has 0 aromatic heterocycles. The quantitative estimate of drug-likeness (QED) is 0.671. The van der Waals surface area contributed by atoms with Crippen LogP contribution in [0, 0.1) is 6.92 Å². The molecule has 0 aliphatic rings. The van der Waals surface area contributed by atoms with E-state index in [1.807, 2.05) is 24.3 Å². The van der Waals surface area contributed by atoms with Crippen LogP contribution in [0.4, 0.5) is 0 Å². The lowest BCUT2D eigenvalue weighted by Crippen LogP contribution is -1.96. The highest BCUT2D eigenvalue weighted by atomic mass is 35.5. The van der Waals surface area contributed by atoms with Crippen LogP contribution >= 0.6 is 23.2 Å². The molecule has 0 nitrogen and oxygen atoms in total. The largest absolute Gasteiger partial charge is 0.117 e.